The molecule has 0 aliphatic heterocycles. The van der Waals surface area contributed by atoms with E-state index in [1.165, 1.54) is 0 Å². The number of para-hydroxylation sites is 1. The second kappa shape index (κ2) is 9.13. The van der Waals surface area contributed by atoms with Crippen molar-refractivity contribution < 1.29 is 23.5 Å². The van der Waals surface area contributed by atoms with E-state index in [2.05, 4.69) is 10.1 Å². The van der Waals surface area contributed by atoms with Crippen LogP contribution in [0.5, 0.6) is 17.2 Å². The van der Waals surface area contributed by atoms with E-state index < -0.39 is 0 Å². The molecule has 0 amide bonds. The highest BCUT2D eigenvalue weighted by atomic mass is 16.5. The van der Waals surface area contributed by atoms with E-state index in [0.717, 1.165) is 0 Å². The van der Waals surface area contributed by atoms with Gasteiger partial charge in [-0.15, -0.1) is 0 Å². The molecule has 1 heterocycles. The van der Waals surface area contributed by atoms with E-state index >= 15 is 0 Å². The third kappa shape index (κ3) is 4.56. The van der Waals surface area contributed by atoms with Gasteiger partial charge in [-0.05, 0) is 36.4 Å². The summed E-state index contributed by atoms with van der Waals surface area (Å²) in [5.74, 6) is 2.40. The number of hydrogen-bond acceptors (Lipinski definition) is 7. The maximum Gasteiger partial charge on any atom is 0.262 e. The van der Waals surface area contributed by atoms with Gasteiger partial charge in [-0.2, -0.15) is 4.98 Å². The Bertz CT molecular complexity index is 1200. The topological polar surface area (TPSA) is 83.7 Å². The van der Waals surface area contributed by atoms with Crippen LogP contribution in [0.4, 0.5) is 0 Å². The number of carbonyl (C=O) groups is 1. The van der Waals surface area contributed by atoms with Crippen molar-refractivity contribution in [2.75, 3.05) is 20.8 Å². The second-order valence-electron chi connectivity index (χ2n) is 6.60. The maximum atomic E-state index is 12.4. The van der Waals surface area contributed by atoms with Crippen LogP contribution in [0.3, 0.4) is 0 Å². The predicted octanol–water partition coefficient (Wildman–Crippen LogP) is 4.68. The lowest BCUT2D eigenvalue weighted by Gasteiger charge is -2.07. The summed E-state index contributed by atoms with van der Waals surface area (Å²) in [5, 5.41) is 4.06. The minimum atomic E-state index is -0.151. The number of aromatic nitrogens is 2. The Balaban J connectivity index is 1.49. The molecule has 7 nitrogen and oxygen atoms in total. The lowest BCUT2D eigenvalue weighted by atomic mass is 10.1. The Hall–Kier alpha value is -4.13. The second-order valence-corrected chi connectivity index (χ2v) is 6.60. The molecule has 0 N–H and O–H groups in total. The van der Waals surface area contributed by atoms with Crippen LogP contribution in [0.1, 0.15) is 10.4 Å². The van der Waals surface area contributed by atoms with Gasteiger partial charge in [-0.3, -0.25) is 4.79 Å². The van der Waals surface area contributed by atoms with Crippen molar-refractivity contribution in [3.05, 3.63) is 78.4 Å². The molecule has 0 bridgehead atoms. The zero-order valence-corrected chi connectivity index (χ0v) is 17.1. The third-order valence-corrected chi connectivity index (χ3v) is 4.62. The lowest BCUT2D eigenvalue weighted by molar-refractivity contribution is 0.0921. The van der Waals surface area contributed by atoms with Crippen molar-refractivity contribution in [2.45, 2.75) is 0 Å². The van der Waals surface area contributed by atoms with Gasteiger partial charge in [0.25, 0.3) is 5.89 Å². The van der Waals surface area contributed by atoms with E-state index in [-0.39, 0.29) is 12.4 Å². The zero-order chi connectivity index (χ0) is 21.6. The molecule has 0 unspecified atom stereocenters. The molecule has 0 saturated carbocycles. The summed E-state index contributed by atoms with van der Waals surface area (Å²) >= 11 is 0. The number of benzene rings is 3. The van der Waals surface area contributed by atoms with E-state index in [9.17, 15) is 4.79 Å². The number of ether oxygens (including phenoxy) is 3. The molecule has 0 fully saturated rings. The first-order valence-electron chi connectivity index (χ1n) is 9.55. The van der Waals surface area contributed by atoms with E-state index in [4.69, 9.17) is 18.7 Å². The molecular weight excluding hydrogens is 396 g/mol. The standard InChI is InChI=1S/C24H20N2O5/c1-28-18-9-5-7-16(13-18)21(27)15-30-19-10-6-8-17(14-19)23-25-24(31-26-23)20-11-3-4-12-22(20)29-2/h3-14H,15H2,1-2H3. The van der Waals surface area contributed by atoms with Crippen molar-refractivity contribution in [3.8, 4) is 40.1 Å². The molecule has 0 saturated heterocycles. The Kier molecular flexibility index (Phi) is 5.93. The summed E-state index contributed by atoms with van der Waals surface area (Å²) in [5.41, 5.74) is 1.94. The van der Waals surface area contributed by atoms with E-state index in [0.29, 0.717) is 45.7 Å². The molecule has 7 heteroatoms. The summed E-state index contributed by atoms with van der Waals surface area (Å²) in [6.45, 7) is -0.102. The highest BCUT2D eigenvalue weighted by Crippen LogP contribution is 2.30. The Morgan fingerprint density at radius 1 is 0.903 bits per heavy atom. The van der Waals surface area contributed by atoms with Crippen LogP contribution in [0.2, 0.25) is 0 Å². The van der Waals surface area contributed by atoms with Crippen molar-refractivity contribution >= 4 is 5.78 Å². The summed E-state index contributed by atoms with van der Waals surface area (Å²) in [6, 6.07) is 21.5. The van der Waals surface area contributed by atoms with Crippen LogP contribution < -0.4 is 14.2 Å². The Labute approximate surface area is 179 Å². The predicted molar refractivity (Wildman–Crippen MR) is 115 cm³/mol. The number of methoxy groups -OCH3 is 2. The molecule has 0 aliphatic carbocycles. The number of carbonyl (C=O) groups excluding carboxylic acids is 1. The minimum absolute atomic E-state index is 0.102. The van der Waals surface area contributed by atoms with Crippen LogP contribution in [-0.4, -0.2) is 36.8 Å². The fraction of sp³-hybridized carbons (Fsp3) is 0.125. The maximum absolute atomic E-state index is 12.4. The van der Waals surface area contributed by atoms with Gasteiger partial charge in [-0.25, -0.2) is 0 Å². The van der Waals surface area contributed by atoms with Gasteiger partial charge in [0, 0.05) is 11.1 Å². The molecule has 4 rings (SSSR count). The van der Waals surface area contributed by atoms with Gasteiger partial charge >= 0.3 is 0 Å². The SMILES string of the molecule is COc1cccc(C(=O)COc2cccc(-c3noc(-c4ccccc4OC)n3)c2)c1. The Morgan fingerprint density at radius 2 is 1.71 bits per heavy atom. The van der Waals surface area contributed by atoms with Crippen molar-refractivity contribution in [1.82, 2.24) is 10.1 Å². The molecule has 3 aromatic carbocycles. The van der Waals surface area contributed by atoms with Crippen molar-refractivity contribution in [3.63, 3.8) is 0 Å². The lowest BCUT2D eigenvalue weighted by Crippen LogP contribution is -2.11. The van der Waals surface area contributed by atoms with E-state index in [1.807, 2.05) is 30.3 Å². The molecule has 0 spiro atoms. The van der Waals surface area contributed by atoms with Crippen LogP contribution in [0.25, 0.3) is 22.8 Å². The van der Waals surface area contributed by atoms with Gasteiger partial charge in [0.15, 0.2) is 12.4 Å². The monoisotopic (exact) mass is 416 g/mol. The number of hydrogen-bond donors (Lipinski definition) is 0. The molecule has 0 atom stereocenters. The van der Waals surface area contributed by atoms with Crippen LogP contribution in [0, 0.1) is 0 Å². The number of Topliss-reactive ketones (excluding diaryl/α,β-unsaturated/α-hetero) is 1. The van der Waals surface area contributed by atoms with Gasteiger partial charge < -0.3 is 18.7 Å². The minimum Gasteiger partial charge on any atom is -0.497 e. The number of ketones is 1. The smallest absolute Gasteiger partial charge is 0.262 e. The average Bonchev–Trinajstić information content (AvgIpc) is 3.33. The first-order chi connectivity index (χ1) is 15.2. The third-order valence-electron chi connectivity index (χ3n) is 4.62. The summed E-state index contributed by atoms with van der Waals surface area (Å²) in [4.78, 5) is 16.9. The molecule has 4 aromatic rings. The van der Waals surface area contributed by atoms with Gasteiger partial charge in [0.2, 0.25) is 5.82 Å². The highest BCUT2D eigenvalue weighted by molar-refractivity contribution is 5.97. The van der Waals surface area contributed by atoms with Gasteiger partial charge in [0.1, 0.15) is 17.2 Å². The van der Waals surface area contributed by atoms with E-state index in [1.54, 1.807) is 56.7 Å². The van der Waals surface area contributed by atoms with Crippen LogP contribution >= 0.6 is 0 Å². The summed E-state index contributed by atoms with van der Waals surface area (Å²) in [7, 11) is 3.15. The first-order valence-corrected chi connectivity index (χ1v) is 9.55. The summed E-state index contributed by atoms with van der Waals surface area (Å²) in [6.07, 6.45) is 0. The van der Waals surface area contributed by atoms with Crippen LogP contribution in [0.15, 0.2) is 77.3 Å². The number of nitrogens with zero attached hydrogens (tertiary/aromatic N) is 2. The molecule has 0 aliphatic rings. The largest absolute Gasteiger partial charge is 0.497 e. The van der Waals surface area contributed by atoms with Crippen molar-refractivity contribution in [2.24, 2.45) is 0 Å². The fourth-order valence-electron chi connectivity index (χ4n) is 3.03. The Morgan fingerprint density at radius 3 is 2.55 bits per heavy atom. The summed E-state index contributed by atoms with van der Waals surface area (Å²) < 4.78 is 21.6. The normalized spacial score (nSPS) is 10.5. The highest BCUT2D eigenvalue weighted by Gasteiger charge is 2.15. The quantitative estimate of drug-likeness (QED) is 0.386. The zero-order valence-electron chi connectivity index (χ0n) is 17.1. The molecule has 0 radical (unpaired) electrons. The number of rotatable bonds is 8. The molecule has 156 valence electrons. The van der Waals surface area contributed by atoms with Gasteiger partial charge in [-0.1, -0.05) is 41.6 Å². The first kappa shape index (κ1) is 20.2. The van der Waals surface area contributed by atoms with Crippen molar-refractivity contribution in [1.29, 1.82) is 0 Å². The fourth-order valence-corrected chi connectivity index (χ4v) is 3.03. The molecule has 31 heavy (non-hydrogen) atoms. The molecule has 1 aromatic heterocycles. The molecular formula is C24H20N2O5. The average molecular weight is 416 g/mol. The van der Waals surface area contributed by atoms with Gasteiger partial charge in [0.05, 0.1) is 19.8 Å². The van der Waals surface area contributed by atoms with Crippen LogP contribution in [-0.2, 0) is 0 Å².